The molecule has 0 fully saturated rings. The second-order valence-electron chi connectivity index (χ2n) is 4.47. The molecule has 0 aliphatic rings. The molecule has 0 spiro atoms. The van der Waals surface area contributed by atoms with E-state index in [0.717, 1.165) is 0 Å². The van der Waals surface area contributed by atoms with Gasteiger partial charge in [-0.25, -0.2) is 13.2 Å². The van der Waals surface area contributed by atoms with Crippen molar-refractivity contribution in [3.8, 4) is 5.75 Å². The zero-order valence-corrected chi connectivity index (χ0v) is 12.8. The fourth-order valence-corrected chi connectivity index (χ4v) is 3.74. The summed E-state index contributed by atoms with van der Waals surface area (Å²) < 4.78 is 31.5. The third-order valence-electron chi connectivity index (χ3n) is 2.88. The van der Waals surface area contributed by atoms with Crippen molar-refractivity contribution in [2.75, 3.05) is 13.7 Å². The summed E-state index contributed by atoms with van der Waals surface area (Å²) >= 11 is 0. The molecule has 6 nitrogen and oxygen atoms in total. The molecule has 0 aliphatic carbocycles. The van der Waals surface area contributed by atoms with Crippen molar-refractivity contribution in [3.05, 3.63) is 23.8 Å². The first-order valence-corrected chi connectivity index (χ1v) is 7.62. The van der Waals surface area contributed by atoms with Gasteiger partial charge in [0.2, 0.25) is 10.0 Å². The summed E-state index contributed by atoms with van der Waals surface area (Å²) in [5.74, 6) is -1.10. The number of carbonyl (C=O) groups is 1. The SMILES string of the molecule is CCN(C(C)C)S(=O)(=O)c1ccc(C(=O)O)cc1OC. The number of sulfonamides is 1. The smallest absolute Gasteiger partial charge is 0.335 e. The van der Waals surface area contributed by atoms with E-state index in [1.54, 1.807) is 20.8 Å². The van der Waals surface area contributed by atoms with E-state index >= 15 is 0 Å². The Hall–Kier alpha value is -1.60. The standard InChI is InChI=1S/C13H19NO5S/c1-5-14(9(2)3)20(17,18)12-7-6-10(13(15)16)8-11(12)19-4/h6-9H,5H2,1-4H3,(H,15,16). The predicted octanol–water partition coefficient (Wildman–Crippen LogP) is 1.81. The molecule has 1 N–H and O–H groups in total. The number of carboxylic acid groups (broad SMARTS) is 1. The monoisotopic (exact) mass is 301 g/mol. The molecule has 0 saturated heterocycles. The van der Waals surface area contributed by atoms with Gasteiger partial charge < -0.3 is 9.84 Å². The lowest BCUT2D eigenvalue weighted by molar-refractivity contribution is 0.0696. The van der Waals surface area contributed by atoms with Crippen molar-refractivity contribution in [2.45, 2.75) is 31.7 Å². The summed E-state index contributed by atoms with van der Waals surface area (Å²) in [7, 11) is -2.41. The van der Waals surface area contributed by atoms with E-state index in [2.05, 4.69) is 0 Å². The van der Waals surface area contributed by atoms with Gasteiger partial charge in [0, 0.05) is 12.6 Å². The molecule has 0 amide bonds. The molecule has 0 aliphatic heterocycles. The van der Waals surface area contributed by atoms with Crippen molar-refractivity contribution < 1.29 is 23.1 Å². The van der Waals surface area contributed by atoms with E-state index in [9.17, 15) is 13.2 Å². The molecule has 1 aromatic carbocycles. The molecule has 1 aromatic rings. The molecular weight excluding hydrogens is 282 g/mol. The van der Waals surface area contributed by atoms with Gasteiger partial charge >= 0.3 is 5.97 Å². The minimum absolute atomic E-state index is 0.0200. The lowest BCUT2D eigenvalue weighted by Crippen LogP contribution is -2.36. The summed E-state index contributed by atoms with van der Waals surface area (Å²) in [6.45, 7) is 5.62. The highest BCUT2D eigenvalue weighted by Gasteiger charge is 2.29. The number of rotatable bonds is 6. The maximum atomic E-state index is 12.6. The van der Waals surface area contributed by atoms with Crippen LogP contribution in [0.5, 0.6) is 5.75 Å². The molecule has 20 heavy (non-hydrogen) atoms. The van der Waals surface area contributed by atoms with Crippen molar-refractivity contribution in [1.82, 2.24) is 4.31 Å². The van der Waals surface area contributed by atoms with Gasteiger partial charge in [0.05, 0.1) is 12.7 Å². The Morgan fingerprint density at radius 2 is 2.00 bits per heavy atom. The van der Waals surface area contributed by atoms with Crippen LogP contribution in [0.3, 0.4) is 0 Å². The Kier molecular flexibility index (Phi) is 5.13. The molecule has 1 rings (SSSR count). The molecule has 0 unspecified atom stereocenters. The van der Waals surface area contributed by atoms with Gasteiger partial charge in [-0.15, -0.1) is 0 Å². The third-order valence-corrected chi connectivity index (χ3v) is 5.08. The quantitative estimate of drug-likeness (QED) is 0.866. The lowest BCUT2D eigenvalue weighted by Gasteiger charge is -2.25. The predicted molar refractivity (Wildman–Crippen MR) is 74.7 cm³/mol. The van der Waals surface area contributed by atoms with E-state index in [1.165, 1.54) is 29.6 Å². The Labute approximate surface area is 119 Å². The van der Waals surface area contributed by atoms with Crippen LogP contribution in [0.25, 0.3) is 0 Å². The Bertz CT molecular complexity index is 595. The Morgan fingerprint density at radius 3 is 2.40 bits per heavy atom. The minimum Gasteiger partial charge on any atom is -0.495 e. The fraction of sp³-hybridized carbons (Fsp3) is 0.462. The van der Waals surface area contributed by atoms with Crippen LogP contribution in [0.1, 0.15) is 31.1 Å². The number of carboxylic acids is 1. The number of methoxy groups -OCH3 is 1. The summed E-state index contributed by atoms with van der Waals surface area (Å²) in [6.07, 6.45) is 0. The molecular formula is C13H19NO5S. The summed E-state index contributed by atoms with van der Waals surface area (Å²) in [4.78, 5) is 10.9. The van der Waals surface area contributed by atoms with E-state index in [1.807, 2.05) is 0 Å². The van der Waals surface area contributed by atoms with E-state index < -0.39 is 16.0 Å². The van der Waals surface area contributed by atoms with E-state index in [4.69, 9.17) is 9.84 Å². The van der Waals surface area contributed by atoms with E-state index in [0.29, 0.717) is 6.54 Å². The number of aromatic carboxylic acids is 1. The van der Waals surface area contributed by atoms with Crippen LogP contribution in [0.15, 0.2) is 23.1 Å². The van der Waals surface area contributed by atoms with Crippen LogP contribution in [0, 0.1) is 0 Å². The van der Waals surface area contributed by atoms with Crippen LogP contribution >= 0.6 is 0 Å². The van der Waals surface area contributed by atoms with Gasteiger partial charge in [-0.1, -0.05) is 6.92 Å². The summed E-state index contributed by atoms with van der Waals surface area (Å²) in [5, 5.41) is 8.93. The van der Waals surface area contributed by atoms with Crippen LogP contribution in [-0.4, -0.2) is 43.5 Å². The number of benzene rings is 1. The first-order valence-electron chi connectivity index (χ1n) is 6.18. The van der Waals surface area contributed by atoms with Crippen LogP contribution in [0.2, 0.25) is 0 Å². The van der Waals surface area contributed by atoms with Crippen molar-refractivity contribution >= 4 is 16.0 Å². The van der Waals surface area contributed by atoms with Crippen LogP contribution < -0.4 is 4.74 Å². The molecule has 0 heterocycles. The molecule has 0 aromatic heterocycles. The van der Waals surface area contributed by atoms with Gasteiger partial charge in [0.1, 0.15) is 10.6 Å². The zero-order valence-electron chi connectivity index (χ0n) is 12.0. The zero-order chi connectivity index (χ0) is 15.5. The number of hydrogen-bond acceptors (Lipinski definition) is 4. The topological polar surface area (TPSA) is 83.9 Å². The van der Waals surface area contributed by atoms with Crippen LogP contribution in [0.4, 0.5) is 0 Å². The first kappa shape index (κ1) is 16.5. The molecule has 0 radical (unpaired) electrons. The van der Waals surface area contributed by atoms with Crippen molar-refractivity contribution in [3.63, 3.8) is 0 Å². The second-order valence-corrected chi connectivity index (χ2v) is 6.33. The lowest BCUT2D eigenvalue weighted by atomic mass is 10.2. The van der Waals surface area contributed by atoms with Crippen molar-refractivity contribution in [2.24, 2.45) is 0 Å². The first-order chi connectivity index (χ1) is 9.25. The van der Waals surface area contributed by atoms with Gasteiger partial charge in [0.15, 0.2) is 0 Å². The fourth-order valence-electron chi connectivity index (χ4n) is 1.95. The maximum absolute atomic E-state index is 12.6. The van der Waals surface area contributed by atoms with Crippen molar-refractivity contribution in [1.29, 1.82) is 0 Å². The minimum atomic E-state index is -3.72. The highest BCUT2D eigenvalue weighted by molar-refractivity contribution is 7.89. The van der Waals surface area contributed by atoms with Gasteiger partial charge in [-0.05, 0) is 32.0 Å². The average Bonchev–Trinajstić information content (AvgIpc) is 2.37. The summed E-state index contributed by atoms with van der Waals surface area (Å²) in [6, 6.07) is 3.53. The number of nitrogens with zero attached hydrogens (tertiary/aromatic N) is 1. The molecule has 0 bridgehead atoms. The summed E-state index contributed by atoms with van der Waals surface area (Å²) in [5.41, 5.74) is -0.0200. The van der Waals surface area contributed by atoms with Gasteiger partial charge in [-0.2, -0.15) is 4.31 Å². The van der Waals surface area contributed by atoms with Gasteiger partial charge in [-0.3, -0.25) is 0 Å². The third kappa shape index (κ3) is 3.10. The molecule has 0 saturated carbocycles. The second kappa shape index (κ2) is 6.23. The Morgan fingerprint density at radius 1 is 1.40 bits per heavy atom. The maximum Gasteiger partial charge on any atom is 0.335 e. The highest BCUT2D eigenvalue weighted by Crippen LogP contribution is 2.28. The molecule has 112 valence electrons. The highest BCUT2D eigenvalue weighted by atomic mass is 32.2. The van der Waals surface area contributed by atoms with Crippen LogP contribution in [-0.2, 0) is 10.0 Å². The number of hydrogen-bond donors (Lipinski definition) is 1. The normalized spacial score (nSPS) is 11.9. The molecule has 0 atom stereocenters. The van der Waals surface area contributed by atoms with E-state index in [-0.39, 0.29) is 22.3 Å². The Balaban J connectivity index is 3.42. The van der Waals surface area contributed by atoms with Gasteiger partial charge in [0.25, 0.3) is 0 Å². The molecule has 7 heteroatoms. The largest absolute Gasteiger partial charge is 0.495 e. The average molecular weight is 301 g/mol. The number of ether oxygens (including phenoxy) is 1.